The second kappa shape index (κ2) is 10.9. The Kier molecular flexibility index (Phi) is 7.70. The number of carbonyl (C=O) groups is 1. The number of thioether (sulfide) groups is 1. The molecule has 3 aromatic rings. The van der Waals surface area contributed by atoms with Gasteiger partial charge in [-0.15, -0.1) is 11.8 Å². The van der Waals surface area contributed by atoms with Gasteiger partial charge in [-0.1, -0.05) is 35.9 Å². The quantitative estimate of drug-likeness (QED) is 0.394. The molecule has 174 valence electrons. The maximum absolute atomic E-state index is 12.7. The summed E-state index contributed by atoms with van der Waals surface area (Å²) < 4.78 is 5.61. The van der Waals surface area contributed by atoms with E-state index in [0.717, 1.165) is 38.8 Å². The van der Waals surface area contributed by atoms with Crippen molar-refractivity contribution < 1.29 is 9.53 Å². The van der Waals surface area contributed by atoms with Crippen LogP contribution in [0.2, 0.25) is 5.02 Å². The molecule has 0 aromatic heterocycles. The molecule has 1 amide bonds. The van der Waals surface area contributed by atoms with Gasteiger partial charge in [-0.3, -0.25) is 9.79 Å². The number of halogens is 1. The Labute approximate surface area is 209 Å². The van der Waals surface area contributed by atoms with Gasteiger partial charge < -0.3 is 10.1 Å². The third kappa shape index (κ3) is 5.88. The van der Waals surface area contributed by atoms with Gasteiger partial charge in [0.05, 0.1) is 40.2 Å². The zero-order valence-electron chi connectivity index (χ0n) is 19.4. The van der Waals surface area contributed by atoms with Gasteiger partial charge >= 0.3 is 0 Å². The normalized spacial score (nSPS) is 12.8. The highest BCUT2D eigenvalue weighted by Crippen LogP contribution is 2.36. The molecule has 0 spiro atoms. The average molecular weight is 492 g/mol. The molecule has 1 heterocycles. The number of ether oxygens (including phenoxy) is 1. The molecular weight excluding hydrogens is 466 g/mol. The lowest BCUT2D eigenvalue weighted by Crippen LogP contribution is -2.17. The van der Waals surface area contributed by atoms with Crippen LogP contribution in [0, 0.1) is 13.8 Å². The van der Waals surface area contributed by atoms with Gasteiger partial charge in [-0.25, -0.2) is 4.99 Å². The molecule has 0 fully saturated rings. The van der Waals surface area contributed by atoms with Crippen LogP contribution in [0.25, 0.3) is 0 Å². The number of nitrogens with one attached hydrogen (secondary N) is 1. The predicted octanol–water partition coefficient (Wildman–Crippen LogP) is 7.28. The molecule has 1 aliphatic heterocycles. The molecule has 0 aliphatic carbocycles. The Balaban J connectivity index is 1.56. The monoisotopic (exact) mass is 491 g/mol. The van der Waals surface area contributed by atoms with Crippen LogP contribution in [0.4, 0.5) is 17.1 Å². The van der Waals surface area contributed by atoms with Crippen molar-refractivity contribution in [3.8, 4) is 5.75 Å². The Morgan fingerprint density at radius 3 is 2.41 bits per heavy atom. The topological polar surface area (TPSA) is 63.0 Å². The fraction of sp³-hybridized carbons (Fsp3) is 0.222. The number of carbonyl (C=O) groups excluding carboxylic acids is 1. The zero-order chi connectivity index (χ0) is 24.1. The van der Waals surface area contributed by atoms with E-state index in [4.69, 9.17) is 26.3 Å². The van der Waals surface area contributed by atoms with Gasteiger partial charge in [0.2, 0.25) is 5.91 Å². The highest BCUT2D eigenvalue weighted by atomic mass is 35.5. The van der Waals surface area contributed by atoms with Crippen LogP contribution < -0.4 is 10.1 Å². The molecule has 0 unspecified atom stereocenters. The molecule has 0 radical (unpaired) electrons. The van der Waals surface area contributed by atoms with Crippen LogP contribution in [0.15, 0.2) is 70.6 Å². The lowest BCUT2D eigenvalue weighted by molar-refractivity contribution is -0.113. The van der Waals surface area contributed by atoms with Crippen molar-refractivity contribution in [2.24, 2.45) is 9.98 Å². The molecule has 4 rings (SSSR count). The summed E-state index contributed by atoms with van der Waals surface area (Å²) in [6.07, 6.45) is 0.530. The second-order valence-corrected chi connectivity index (χ2v) is 9.42. The Morgan fingerprint density at radius 1 is 1.03 bits per heavy atom. The van der Waals surface area contributed by atoms with E-state index in [9.17, 15) is 4.79 Å². The number of fused-ring (bicyclic) bond motifs is 1. The Morgan fingerprint density at radius 2 is 1.71 bits per heavy atom. The summed E-state index contributed by atoms with van der Waals surface area (Å²) in [4.78, 5) is 22.6. The minimum absolute atomic E-state index is 0.116. The van der Waals surface area contributed by atoms with E-state index in [1.54, 1.807) is 0 Å². The number of nitrogens with zero attached hydrogens (tertiary/aromatic N) is 2. The lowest BCUT2D eigenvalue weighted by Gasteiger charge is -2.11. The molecule has 7 heteroatoms. The third-order valence-electron chi connectivity index (χ3n) is 5.42. The summed E-state index contributed by atoms with van der Waals surface area (Å²) >= 11 is 7.51. The molecule has 0 bridgehead atoms. The summed E-state index contributed by atoms with van der Waals surface area (Å²) in [6.45, 7) is 6.58. The third-order valence-corrected chi connectivity index (χ3v) is 6.65. The van der Waals surface area contributed by atoms with Crippen molar-refractivity contribution in [1.82, 2.24) is 0 Å². The fourth-order valence-electron chi connectivity index (χ4n) is 3.55. The molecule has 5 nitrogen and oxygen atoms in total. The minimum atomic E-state index is -0.116. The lowest BCUT2D eigenvalue weighted by atomic mass is 10.1. The van der Waals surface area contributed by atoms with E-state index in [1.807, 2.05) is 55.5 Å². The van der Waals surface area contributed by atoms with Gasteiger partial charge in [0, 0.05) is 11.4 Å². The van der Waals surface area contributed by atoms with Crippen LogP contribution in [0.3, 0.4) is 0 Å². The molecule has 34 heavy (non-hydrogen) atoms. The fourth-order valence-corrected chi connectivity index (χ4v) is 4.44. The van der Waals surface area contributed by atoms with Crippen molar-refractivity contribution in [3.05, 3.63) is 82.4 Å². The van der Waals surface area contributed by atoms with E-state index in [2.05, 4.69) is 31.3 Å². The highest BCUT2D eigenvalue weighted by molar-refractivity contribution is 8.14. The number of aliphatic imine (C=N–C) groups is 2. The van der Waals surface area contributed by atoms with Crippen LogP contribution in [0.5, 0.6) is 5.75 Å². The Bertz CT molecular complexity index is 1270. The maximum atomic E-state index is 12.7. The molecular formula is C27H26ClN3O2S. The summed E-state index contributed by atoms with van der Waals surface area (Å²) in [5.74, 6) is 0.773. The first-order valence-corrected chi connectivity index (χ1v) is 12.5. The average Bonchev–Trinajstić information content (AvgIpc) is 2.99. The number of anilines is 1. The summed E-state index contributed by atoms with van der Waals surface area (Å²) in [6, 6.07) is 19.2. The number of hydrogen-bond acceptors (Lipinski definition) is 5. The van der Waals surface area contributed by atoms with Gasteiger partial charge in [0.25, 0.3) is 0 Å². The van der Waals surface area contributed by atoms with Gasteiger partial charge in [0.1, 0.15) is 5.75 Å². The van der Waals surface area contributed by atoms with Crippen LogP contribution >= 0.6 is 23.4 Å². The van der Waals surface area contributed by atoms with Gasteiger partial charge in [-0.05, 0) is 73.9 Å². The molecule has 3 aromatic carbocycles. The van der Waals surface area contributed by atoms with Crippen LogP contribution in [-0.4, -0.2) is 29.0 Å². The smallest absolute Gasteiger partial charge is 0.234 e. The maximum Gasteiger partial charge on any atom is 0.234 e. The first-order chi connectivity index (χ1) is 16.4. The SMILES string of the molecule is CCOc1ccccc1NC(=O)CSC1=Nc2cc(C)c(C)cc2N=C(c2ccc(Cl)cc2)C1. The van der Waals surface area contributed by atoms with E-state index in [1.165, 1.54) is 11.8 Å². The second-order valence-electron chi connectivity index (χ2n) is 7.94. The minimum Gasteiger partial charge on any atom is -0.492 e. The summed E-state index contributed by atoms with van der Waals surface area (Å²) in [7, 11) is 0. The first kappa shape index (κ1) is 24.0. The van der Waals surface area contributed by atoms with Crippen LogP contribution in [0.1, 0.15) is 30.0 Å². The van der Waals surface area contributed by atoms with Crippen molar-refractivity contribution in [3.63, 3.8) is 0 Å². The number of benzene rings is 3. The van der Waals surface area contributed by atoms with E-state index in [-0.39, 0.29) is 11.7 Å². The van der Waals surface area contributed by atoms with E-state index >= 15 is 0 Å². The summed E-state index contributed by atoms with van der Waals surface area (Å²) in [5, 5.41) is 4.47. The standard InChI is InChI=1S/C27H26ClN3O2S/c1-4-33-25-8-6-5-7-21(25)30-26(32)16-34-27-15-22(19-9-11-20(28)12-10-19)29-23-13-17(2)18(3)14-24(23)31-27/h5-14H,4,15-16H2,1-3H3,(H,30,32). The predicted molar refractivity (Wildman–Crippen MR) is 144 cm³/mol. The molecule has 0 saturated heterocycles. The molecule has 0 atom stereocenters. The van der Waals surface area contributed by atoms with Gasteiger partial charge in [0.15, 0.2) is 0 Å². The first-order valence-electron chi connectivity index (χ1n) is 11.1. The number of amides is 1. The van der Waals surface area contributed by atoms with Gasteiger partial charge in [-0.2, -0.15) is 0 Å². The highest BCUT2D eigenvalue weighted by Gasteiger charge is 2.18. The largest absolute Gasteiger partial charge is 0.492 e. The number of para-hydroxylation sites is 2. The van der Waals surface area contributed by atoms with E-state index < -0.39 is 0 Å². The Hall–Kier alpha value is -3.09. The van der Waals surface area contributed by atoms with Crippen molar-refractivity contribution in [2.45, 2.75) is 27.2 Å². The summed E-state index contributed by atoms with van der Waals surface area (Å²) in [5.41, 5.74) is 6.51. The van der Waals surface area contributed by atoms with Crippen LogP contribution in [-0.2, 0) is 4.79 Å². The molecule has 0 saturated carbocycles. The number of rotatable bonds is 6. The number of aryl methyl sites for hydroxylation is 2. The van der Waals surface area contributed by atoms with E-state index in [0.29, 0.717) is 29.5 Å². The van der Waals surface area contributed by atoms with Crippen molar-refractivity contribution in [1.29, 1.82) is 0 Å². The van der Waals surface area contributed by atoms with Crippen molar-refractivity contribution >= 4 is 57.1 Å². The molecule has 1 aliphatic rings. The molecule has 1 N–H and O–H groups in total. The zero-order valence-corrected chi connectivity index (χ0v) is 21.0. The number of hydrogen-bond donors (Lipinski definition) is 1. The van der Waals surface area contributed by atoms with Crippen molar-refractivity contribution in [2.75, 3.05) is 17.7 Å².